The maximum atomic E-state index is 12.0. The van der Waals surface area contributed by atoms with Crippen molar-refractivity contribution in [2.45, 2.75) is 59.1 Å². The SMILES string of the molecule is CCC[C@H](C)NC(=O)[C@@H](C)Oc1ccccc1CC. The minimum absolute atomic E-state index is 0.0492. The van der Waals surface area contributed by atoms with Gasteiger partial charge in [-0.15, -0.1) is 0 Å². The van der Waals surface area contributed by atoms with Gasteiger partial charge in [0.2, 0.25) is 0 Å². The number of hydrogen-bond donors (Lipinski definition) is 1. The second kappa shape index (κ2) is 7.82. The lowest BCUT2D eigenvalue weighted by Gasteiger charge is -2.19. The molecule has 0 aliphatic carbocycles. The highest BCUT2D eigenvalue weighted by atomic mass is 16.5. The number of carbonyl (C=O) groups excluding carboxylic acids is 1. The molecule has 0 saturated carbocycles. The normalized spacial score (nSPS) is 13.7. The summed E-state index contributed by atoms with van der Waals surface area (Å²) in [5, 5.41) is 2.97. The predicted octanol–water partition coefficient (Wildman–Crippen LogP) is 3.32. The second-order valence-corrected chi connectivity index (χ2v) is 4.92. The zero-order valence-electron chi connectivity index (χ0n) is 12.4. The summed E-state index contributed by atoms with van der Waals surface area (Å²) in [6.07, 6.45) is 2.49. The standard InChI is InChI=1S/C16H25NO2/c1-5-9-12(3)17-16(18)13(4)19-15-11-8-7-10-14(15)6-2/h7-8,10-13H,5-6,9H2,1-4H3,(H,17,18)/t12-,13+/m0/s1. The van der Waals surface area contributed by atoms with Crippen molar-refractivity contribution in [3.63, 3.8) is 0 Å². The molecule has 2 atom stereocenters. The quantitative estimate of drug-likeness (QED) is 0.819. The van der Waals surface area contributed by atoms with E-state index in [0.717, 1.165) is 30.6 Å². The van der Waals surface area contributed by atoms with Gasteiger partial charge in [0.15, 0.2) is 6.10 Å². The lowest BCUT2D eigenvalue weighted by atomic mass is 10.1. The molecule has 0 unspecified atom stereocenters. The first-order valence-electron chi connectivity index (χ1n) is 7.13. The Labute approximate surface area is 116 Å². The number of carbonyl (C=O) groups is 1. The molecule has 0 saturated heterocycles. The maximum Gasteiger partial charge on any atom is 0.260 e. The molecule has 1 rings (SSSR count). The van der Waals surface area contributed by atoms with Gasteiger partial charge in [0.25, 0.3) is 5.91 Å². The Hall–Kier alpha value is -1.51. The first-order chi connectivity index (χ1) is 9.08. The third-order valence-electron chi connectivity index (χ3n) is 3.14. The van der Waals surface area contributed by atoms with Crippen molar-refractivity contribution in [3.05, 3.63) is 29.8 Å². The van der Waals surface area contributed by atoms with E-state index in [2.05, 4.69) is 19.2 Å². The van der Waals surface area contributed by atoms with Gasteiger partial charge in [-0.3, -0.25) is 4.79 Å². The highest BCUT2D eigenvalue weighted by Gasteiger charge is 2.17. The molecule has 0 aliphatic rings. The number of hydrogen-bond acceptors (Lipinski definition) is 2. The Kier molecular flexibility index (Phi) is 6.40. The van der Waals surface area contributed by atoms with Crippen molar-refractivity contribution in [3.8, 4) is 5.75 Å². The van der Waals surface area contributed by atoms with Crippen molar-refractivity contribution >= 4 is 5.91 Å². The Bertz CT molecular complexity index is 403. The fourth-order valence-electron chi connectivity index (χ4n) is 2.02. The monoisotopic (exact) mass is 263 g/mol. The van der Waals surface area contributed by atoms with E-state index >= 15 is 0 Å². The van der Waals surface area contributed by atoms with Crippen LogP contribution in [0.15, 0.2) is 24.3 Å². The fraction of sp³-hybridized carbons (Fsp3) is 0.562. The molecule has 1 aromatic rings. The fourth-order valence-corrected chi connectivity index (χ4v) is 2.02. The Balaban J connectivity index is 2.58. The van der Waals surface area contributed by atoms with Crippen LogP contribution in [0.2, 0.25) is 0 Å². The lowest BCUT2D eigenvalue weighted by molar-refractivity contribution is -0.127. The average Bonchev–Trinajstić information content (AvgIpc) is 2.39. The highest BCUT2D eigenvalue weighted by molar-refractivity contribution is 5.81. The average molecular weight is 263 g/mol. The Morgan fingerprint density at radius 1 is 1.26 bits per heavy atom. The topological polar surface area (TPSA) is 38.3 Å². The number of para-hydroxylation sites is 1. The molecule has 0 radical (unpaired) electrons. The van der Waals surface area contributed by atoms with E-state index in [1.807, 2.05) is 31.2 Å². The summed E-state index contributed by atoms with van der Waals surface area (Å²) < 4.78 is 5.77. The van der Waals surface area contributed by atoms with E-state index in [-0.39, 0.29) is 11.9 Å². The number of rotatable bonds is 7. The number of ether oxygens (including phenoxy) is 1. The van der Waals surface area contributed by atoms with Crippen LogP contribution in [0, 0.1) is 0 Å². The first-order valence-corrected chi connectivity index (χ1v) is 7.13. The van der Waals surface area contributed by atoms with Crippen LogP contribution in [0.4, 0.5) is 0 Å². The van der Waals surface area contributed by atoms with Gasteiger partial charge in [0.1, 0.15) is 5.75 Å². The molecule has 1 amide bonds. The molecular formula is C16H25NO2. The number of benzene rings is 1. The van der Waals surface area contributed by atoms with E-state index in [1.54, 1.807) is 6.92 Å². The number of amides is 1. The van der Waals surface area contributed by atoms with Gasteiger partial charge < -0.3 is 10.1 Å². The third-order valence-corrected chi connectivity index (χ3v) is 3.14. The van der Waals surface area contributed by atoms with E-state index in [1.165, 1.54) is 0 Å². The van der Waals surface area contributed by atoms with Gasteiger partial charge in [-0.25, -0.2) is 0 Å². The molecule has 1 N–H and O–H groups in total. The molecule has 0 aliphatic heterocycles. The largest absolute Gasteiger partial charge is 0.481 e. The number of nitrogens with one attached hydrogen (secondary N) is 1. The van der Waals surface area contributed by atoms with E-state index in [9.17, 15) is 4.79 Å². The van der Waals surface area contributed by atoms with Crippen LogP contribution in [0.5, 0.6) is 5.75 Å². The first kappa shape index (κ1) is 15.5. The molecule has 1 aromatic carbocycles. The Morgan fingerprint density at radius 2 is 1.95 bits per heavy atom. The summed E-state index contributed by atoms with van der Waals surface area (Å²) in [5.41, 5.74) is 1.13. The van der Waals surface area contributed by atoms with Crippen LogP contribution in [-0.4, -0.2) is 18.1 Å². The number of aryl methyl sites for hydroxylation is 1. The summed E-state index contributed by atoms with van der Waals surface area (Å²) in [6, 6.07) is 8.06. The van der Waals surface area contributed by atoms with Crippen LogP contribution >= 0.6 is 0 Å². The van der Waals surface area contributed by atoms with Crippen molar-refractivity contribution in [2.24, 2.45) is 0 Å². The van der Waals surface area contributed by atoms with E-state index in [4.69, 9.17) is 4.74 Å². The molecule has 0 aromatic heterocycles. The molecule has 0 fully saturated rings. The summed E-state index contributed by atoms with van der Waals surface area (Å²) in [5.74, 6) is 0.752. The summed E-state index contributed by atoms with van der Waals surface area (Å²) in [6.45, 7) is 8.00. The molecule has 0 heterocycles. The second-order valence-electron chi connectivity index (χ2n) is 4.92. The minimum atomic E-state index is -0.466. The zero-order valence-corrected chi connectivity index (χ0v) is 12.4. The summed E-state index contributed by atoms with van der Waals surface area (Å²) >= 11 is 0. The highest BCUT2D eigenvalue weighted by Crippen LogP contribution is 2.19. The third kappa shape index (κ3) is 4.93. The van der Waals surface area contributed by atoms with Crippen LogP contribution < -0.4 is 10.1 Å². The molecule has 106 valence electrons. The molecular weight excluding hydrogens is 238 g/mol. The van der Waals surface area contributed by atoms with E-state index in [0.29, 0.717) is 0 Å². The van der Waals surface area contributed by atoms with Gasteiger partial charge in [0.05, 0.1) is 0 Å². The van der Waals surface area contributed by atoms with Crippen molar-refractivity contribution in [1.82, 2.24) is 5.32 Å². The molecule has 3 nitrogen and oxygen atoms in total. The van der Waals surface area contributed by atoms with Crippen molar-refractivity contribution < 1.29 is 9.53 Å². The minimum Gasteiger partial charge on any atom is -0.481 e. The lowest BCUT2D eigenvalue weighted by Crippen LogP contribution is -2.41. The van der Waals surface area contributed by atoms with Crippen LogP contribution in [-0.2, 0) is 11.2 Å². The van der Waals surface area contributed by atoms with Crippen LogP contribution in [0.1, 0.15) is 46.1 Å². The van der Waals surface area contributed by atoms with Gasteiger partial charge >= 0.3 is 0 Å². The molecule has 3 heteroatoms. The van der Waals surface area contributed by atoms with Crippen molar-refractivity contribution in [1.29, 1.82) is 0 Å². The van der Waals surface area contributed by atoms with Crippen LogP contribution in [0.25, 0.3) is 0 Å². The molecule has 0 spiro atoms. The smallest absolute Gasteiger partial charge is 0.260 e. The summed E-state index contributed by atoms with van der Waals surface area (Å²) in [7, 11) is 0. The van der Waals surface area contributed by atoms with Crippen LogP contribution in [0.3, 0.4) is 0 Å². The molecule has 0 bridgehead atoms. The van der Waals surface area contributed by atoms with E-state index < -0.39 is 6.10 Å². The zero-order chi connectivity index (χ0) is 14.3. The maximum absolute atomic E-state index is 12.0. The predicted molar refractivity (Wildman–Crippen MR) is 78.4 cm³/mol. The van der Waals surface area contributed by atoms with Gasteiger partial charge in [-0.2, -0.15) is 0 Å². The Morgan fingerprint density at radius 3 is 2.58 bits per heavy atom. The van der Waals surface area contributed by atoms with Gasteiger partial charge in [0, 0.05) is 6.04 Å². The van der Waals surface area contributed by atoms with Gasteiger partial charge in [-0.1, -0.05) is 38.5 Å². The summed E-state index contributed by atoms with van der Waals surface area (Å²) in [4.78, 5) is 12.0. The molecule has 19 heavy (non-hydrogen) atoms. The van der Waals surface area contributed by atoms with Crippen molar-refractivity contribution in [2.75, 3.05) is 0 Å². The van der Waals surface area contributed by atoms with Gasteiger partial charge in [-0.05, 0) is 38.3 Å².